The molecule has 2 unspecified atom stereocenters. The Kier molecular flexibility index (Phi) is 6.83. The molecule has 0 aromatic carbocycles. The van der Waals surface area contributed by atoms with Gasteiger partial charge in [0, 0.05) is 19.6 Å². The van der Waals surface area contributed by atoms with Crippen LogP contribution < -0.4 is 10.6 Å². The molecule has 0 spiro atoms. The molecule has 1 aliphatic heterocycles. The van der Waals surface area contributed by atoms with Crippen molar-refractivity contribution in [3.8, 4) is 12.3 Å². The Morgan fingerprint density at radius 1 is 1.16 bits per heavy atom. The van der Waals surface area contributed by atoms with Crippen LogP contribution in [0.25, 0.3) is 0 Å². The molecule has 10 nitrogen and oxygen atoms in total. The first-order valence-electron chi connectivity index (χ1n) is 10.4. The molecule has 0 saturated carbocycles. The average molecular weight is 448 g/mol. The average Bonchev–Trinajstić information content (AvgIpc) is 3.18. The lowest BCUT2D eigenvalue weighted by atomic mass is 10.1. The smallest absolute Gasteiger partial charge is 0.415 e. The first-order valence-corrected chi connectivity index (χ1v) is 10.4. The second kappa shape index (κ2) is 8.73. The van der Waals surface area contributed by atoms with E-state index in [0.717, 1.165) is 0 Å². The van der Waals surface area contributed by atoms with Gasteiger partial charge in [0.15, 0.2) is 5.82 Å². The third kappa shape index (κ3) is 5.52. The third-order valence-corrected chi connectivity index (χ3v) is 4.78. The van der Waals surface area contributed by atoms with E-state index in [0.29, 0.717) is 6.42 Å². The maximum absolute atomic E-state index is 12.8. The van der Waals surface area contributed by atoms with Crippen molar-refractivity contribution in [3.05, 3.63) is 11.3 Å². The minimum absolute atomic E-state index is 0.0197. The predicted octanol–water partition coefficient (Wildman–Crippen LogP) is 2.91. The second-order valence-corrected chi connectivity index (χ2v) is 9.91. The van der Waals surface area contributed by atoms with Crippen molar-refractivity contribution in [1.29, 1.82) is 0 Å². The summed E-state index contributed by atoms with van der Waals surface area (Å²) in [5.41, 5.74) is 4.16. The molecule has 0 bridgehead atoms. The summed E-state index contributed by atoms with van der Waals surface area (Å²) in [6, 6.07) is -0.525. The number of likely N-dealkylation sites (tertiary alicyclic amines) is 1. The van der Waals surface area contributed by atoms with E-state index >= 15 is 0 Å². The number of aromatic nitrogens is 2. The molecule has 3 amide bonds. The first kappa shape index (κ1) is 25.0. The van der Waals surface area contributed by atoms with E-state index < -0.39 is 29.3 Å². The van der Waals surface area contributed by atoms with Gasteiger partial charge in [-0.2, -0.15) is 5.10 Å². The van der Waals surface area contributed by atoms with Gasteiger partial charge in [-0.05, 0) is 60.8 Å². The molecule has 2 N–H and O–H groups in total. The Bertz CT molecular complexity index is 948. The van der Waals surface area contributed by atoms with Crippen molar-refractivity contribution in [1.82, 2.24) is 14.7 Å². The summed E-state index contributed by atoms with van der Waals surface area (Å²) in [4.78, 5) is 40.4. The maximum atomic E-state index is 12.8. The Morgan fingerprint density at radius 3 is 2.19 bits per heavy atom. The highest BCUT2D eigenvalue weighted by Gasteiger charge is 2.40. The van der Waals surface area contributed by atoms with Crippen LogP contribution in [0.15, 0.2) is 0 Å². The minimum atomic E-state index is -0.815. The lowest BCUT2D eigenvalue weighted by molar-refractivity contribution is 0.0233. The number of nitrogens with two attached hydrogens (primary N) is 1. The molecule has 2 heterocycles. The monoisotopic (exact) mass is 447 g/mol. The standard InChI is InChI=1S/C22H33N5O5/c1-10-15-16(17(23)28)18(25(9)19(29)31-21(3,4)5)27(24-15)14-11-13(2)26(12-14)20(30)32-22(6,7)8/h1,13-14H,11-12H2,2-9H3,(H2,23,28). The van der Waals surface area contributed by atoms with E-state index in [1.165, 1.54) is 16.6 Å². The first-order chi connectivity index (χ1) is 14.6. The molecule has 176 valence electrons. The molecule has 0 radical (unpaired) electrons. The number of nitrogens with zero attached hydrogens (tertiary/aromatic N) is 4. The van der Waals surface area contributed by atoms with E-state index in [4.69, 9.17) is 21.6 Å². The van der Waals surface area contributed by atoms with Gasteiger partial charge in [-0.15, -0.1) is 6.42 Å². The Labute approximate surface area is 189 Å². The van der Waals surface area contributed by atoms with E-state index in [9.17, 15) is 14.4 Å². The fourth-order valence-corrected chi connectivity index (χ4v) is 3.50. The molecule has 1 fully saturated rings. The summed E-state index contributed by atoms with van der Waals surface area (Å²) in [7, 11) is 1.46. The fourth-order valence-electron chi connectivity index (χ4n) is 3.50. The number of terminal acetylenes is 1. The van der Waals surface area contributed by atoms with Gasteiger partial charge in [-0.3, -0.25) is 9.69 Å². The second-order valence-electron chi connectivity index (χ2n) is 9.91. The van der Waals surface area contributed by atoms with Crippen LogP contribution in [0.1, 0.15) is 77.0 Å². The van der Waals surface area contributed by atoms with Gasteiger partial charge in [-0.1, -0.05) is 0 Å². The van der Waals surface area contributed by atoms with Crippen LogP contribution in [0, 0.1) is 12.3 Å². The van der Waals surface area contributed by atoms with Gasteiger partial charge < -0.3 is 20.1 Å². The fraction of sp³-hybridized carbons (Fsp3) is 0.636. The molecule has 10 heteroatoms. The SMILES string of the molecule is C#Cc1nn(C2CC(C)N(C(=O)OC(C)(C)C)C2)c(N(C)C(=O)OC(C)(C)C)c1C(N)=O. The number of carbonyl (C=O) groups is 3. The van der Waals surface area contributed by atoms with Crippen LogP contribution in [-0.4, -0.2) is 63.6 Å². The number of ether oxygens (including phenoxy) is 2. The zero-order valence-corrected chi connectivity index (χ0v) is 20.1. The van der Waals surface area contributed by atoms with Gasteiger partial charge >= 0.3 is 12.2 Å². The van der Waals surface area contributed by atoms with E-state index in [-0.39, 0.29) is 35.7 Å². The van der Waals surface area contributed by atoms with Gasteiger partial charge in [0.2, 0.25) is 0 Å². The number of hydrogen-bond donors (Lipinski definition) is 1. The van der Waals surface area contributed by atoms with Crippen molar-refractivity contribution in [2.24, 2.45) is 5.73 Å². The zero-order valence-electron chi connectivity index (χ0n) is 20.1. The molecular formula is C22H33N5O5. The predicted molar refractivity (Wildman–Crippen MR) is 119 cm³/mol. The normalized spacial score (nSPS) is 18.8. The molecule has 1 aliphatic rings. The van der Waals surface area contributed by atoms with Gasteiger partial charge in [0.05, 0.1) is 6.04 Å². The molecule has 1 saturated heterocycles. The Morgan fingerprint density at radius 2 is 1.72 bits per heavy atom. The summed E-state index contributed by atoms with van der Waals surface area (Å²) in [5.74, 6) is 1.68. The topological polar surface area (TPSA) is 120 Å². The number of hydrogen-bond acceptors (Lipinski definition) is 6. The third-order valence-electron chi connectivity index (χ3n) is 4.78. The quantitative estimate of drug-likeness (QED) is 0.712. The lowest BCUT2D eigenvalue weighted by Gasteiger charge is -2.27. The van der Waals surface area contributed by atoms with E-state index in [1.54, 1.807) is 46.4 Å². The van der Waals surface area contributed by atoms with Crippen molar-refractivity contribution >= 4 is 23.9 Å². The molecule has 32 heavy (non-hydrogen) atoms. The number of primary amides is 1. The van der Waals surface area contributed by atoms with Crippen molar-refractivity contribution < 1.29 is 23.9 Å². The van der Waals surface area contributed by atoms with Crippen molar-refractivity contribution in [2.45, 2.75) is 78.2 Å². The van der Waals surface area contributed by atoms with Gasteiger partial charge in [-0.25, -0.2) is 14.3 Å². The van der Waals surface area contributed by atoms with Crippen molar-refractivity contribution in [2.75, 3.05) is 18.5 Å². The summed E-state index contributed by atoms with van der Waals surface area (Å²) in [6.45, 7) is 12.7. The van der Waals surface area contributed by atoms with Crippen LogP contribution in [0.5, 0.6) is 0 Å². The zero-order chi connectivity index (χ0) is 24.6. The van der Waals surface area contributed by atoms with Crippen molar-refractivity contribution in [3.63, 3.8) is 0 Å². The highest BCUT2D eigenvalue weighted by atomic mass is 16.6. The van der Waals surface area contributed by atoms with Crippen LogP contribution in [-0.2, 0) is 9.47 Å². The van der Waals surface area contributed by atoms with Gasteiger partial charge in [0.1, 0.15) is 22.5 Å². The highest BCUT2D eigenvalue weighted by Crippen LogP contribution is 2.34. The molecule has 2 atom stereocenters. The maximum Gasteiger partial charge on any atom is 0.415 e. The van der Waals surface area contributed by atoms with E-state index in [1.807, 2.05) is 6.92 Å². The lowest BCUT2D eigenvalue weighted by Crippen LogP contribution is -2.39. The molecule has 0 aliphatic carbocycles. The number of carbonyl (C=O) groups excluding carboxylic acids is 3. The highest BCUT2D eigenvalue weighted by molar-refractivity contribution is 6.03. The molecule has 1 aromatic rings. The van der Waals surface area contributed by atoms with Gasteiger partial charge in [0.25, 0.3) is 5.91 Å². The summed E-state index contributed by atoms with van der Waals surface area (Å²) >= 11 is 0. The van der Waals surface area contributed by atoms with Crippen LogP contribution in [0.3, 0.4) is 0 Å². The molecule has 1 aromatic heterocycles. The molecule has 2 rings (SSSR count). The van der Waals surface area contributed by atoms with E-state index in [2.05, 4.69) is 11.0 Å². The Hall–Kier alpha value is -3.22. The largest absolute Gasteiger partial charge is 0.444 e. The molecular weight excluding hydrogens is 414 g/mol. The van der Waals surface area contributed by atoms with Crippen LogP contribution >= 0.6 is 0 Å². The summed E-state index contributed by atoms with van der Waals surface area (Å²) in [5, 5.41) is 4.39. The minimum Gasteiger partial charge on any atom is -0.444 e. The Balaban J connectivity index is 2.48. The van der Waals surface area contributed by atoms with Crippen LogP contribution in [0.4, 0.5) is 15.4 Å². The summed E-state index contributed by atoms with van der Waals surface area (Å²) < 4.78 is 12.4. The van der Waals surface area contributed by atoms with Crippen LogP contribution in [0.2, 0.25) is 0 Å². The number of rotatable bonds is 3. The number of amides is 3. The number of anilines is 1. The summed E-state index contributed by atoms with van der Waals surface area (Å²) in [6.07, 6.45) is 4.93.